The molecule has 1 saturated heterocycles. The lowest BCUT2D eigenvalue weighted by molar-refractivity contribution is 0.0305. The monoisotopic (exact) mass is 308 g/mol. The van der Waals surface area contributed by atoms with Gasteiger partial charge in [0.1, 0.15) is 5.82 Å². The molecule has 4 rings (SSSR count). The quantitative estimate of drug-likeness (QED) is 0.922. The Morgan fingerprint density at radius 3 is 2.65 bits per heavy atom. The molecule has 0 radical (unpaired) electrons. The maximum Gasteiger partial charge on any atom is 0.128 e. The van der Waals surface area contributed by atoms with Gasteiger partial charge in [0.15, 0.2) is 0 Å². The lowest BCUT2D eigenvalue weighted by Gasteiger charge is -2.30. The van der Waals surface area contributed by atoms with Crippen LogP contribution in [0.25, 0.3) is 0 Å². The maximum atomic E-state index is 11.3. The summed E-state index contributed by atoms with van der Waals surface area (Å²) >= 11 is 0. The minimum absolute atomic E-state index is 0.147. The molecule has 2 fully saturated rings. The van der Waals surface area contributed by atoms with Gasteiger partial charge in [-0.25, -0.2) is 4.98 Å². The lowest BCUT2D eigenvalue weighted by atomic mass is 9.81. The molecule has 1 N–H and O–H groups in total. The van der Waals surface area contributed by atoms with Crippen molar-refractivity contribution in [3.05, 3.63) is 59.8 Å². The van der Waals surface area contributed by atoms with Crippen molar-refractivity contribution in [2.24, 2.45) is 11.3 Å². The summed E-state index contributed by atoms with van der Waals surface area (Å²) in [6, 6.07) is 14.4. The van der Waals surface area contributed by atoms with Gasteiger partial charge in [-0.15, -0.1) is 0 Å². The van der Waals surface area contributed by atoms with Crippen LogP contribution in [0.1, 0.15) is 30.9 Å². The first-order valence-electron chi connectivity index (χ1n) is 8.45. The minimum atomic E-state index is -0.680. The highest BCUT2D eigenvalue weighted by molar-refractivity contribution is 5.42. The minimum Gasteiger partial charge on any atom is -0.385 e. The summed E-state index contributed by atoms with van der Waals surface area (Å²) in [5.41, 5.74) is 1.77. The lowest BCUT2D eigenvalue weighted by Crippen LogP contribution is -2.31. The highest BCUT2D eigenvalue weighted by atomic mass is 16.3. The van der Waals surface area contributed by atoms with E-state index in [2.05, 4.69) is 41.9 Å². The number of aryl methyl sites for hydroxylation is 1. The summed E-state index contributed by atoms with van der Waals surface area (Å²) in [6.45, 7) is 6.39. The molecule has 0 spiro atoms. The molecule has 1 aromatic carbocycles. The van der Waals surface area contributed by atoms with Gasteiger partial charge in [0, 0.05) is 19.3 Å². The van der Waals surface area contributed by atoms with Gasteiger partial charge in [0.2, 0.25) is 0 Å². The average molecular weight is 308 g/mol. The Bertz CT molecular complexity index is 717. The Morgan fingerprint density at radius 1 is 1.17 bits per heavy atom. The van der Waals surface area contributed by atoms with Gasteiger partial charge < -0.3 is 10.0 Å². The Hall–Kier alpha value is -1.87. The molecule has 1 saturated carbocycles. The zero-order chi connectivity index (χ0) is 16.1. The molecule has 3 atom stereocenters. The molecule has 0 unspecified atom stereocenters. The van der Waals surface area contributed by atoms with Crippen LogP contribution in [0.5, 0.6) is 0 Å². The van der Waals surface area contributed by atoms with Crippen LogP contribution >= 0.6 is 0 Å². The first-order valence-corrected chi connectivity index (χ1v) is 8.45. The number of aliphatic hydroxyl groups is 1. The Kier molecular flexibility index (Phi) is 3.24. The summed E-state index contributed by atoms with van der Waals surface area (Å²) in [5, 5.41) is 11.3. The molecule has 1 aliphatic heterocycles. The molecule has 3 heteroatoms. The SMILES string of the molecule is Cc1ccccc1[C@@]1(O)C[C@@H]2CN(c3ccccn3)C[C@]2(C)C1. The standard InChI is InChI=1S/C20H24N2O/c1-15-7-3-4-8-17(15)20(23)11-16-12-22(14-19(16,2)13-20)18-9-5-6-10-21-18/h3-10,16,23H,11-14H2,1-2H3/t16-,19+,20-/m1/s1. The van der Waals surface area contributed by atoms with E-state index in [9.17, 15) is 5.11 Å². The maximum absolute atomic E-state index is 11.3. The van der Waals surface area contributed by atoms with Crippen molar-refractivity contribution in [3.63, 3.8) is 0 Å². The molecule has 3 nitrogen and oxygen atoms in total. The van der Waals surface area contributed by atoms with Crippen LogP contribution in [-0.4, -0.2) is 23.2 Å². The van der Waals surface area contributed by atoms with Crippen LogP contribution in [0.2, 0.25) is 0 Å². The predicted molar refractivity (Wildman–Crippen MR) is 92.4 cm³/mol. The molecule has 1 aromatic heterocycles. The molecular formula is C20H24N2O. The summed E-state index contributed by atoms with van der Waals surface area (Å²) < 4.78 is 0. The van der Waals surface area contributed by atoms with Crippen molar-refractivity contribution in [1.29, 1.82) is 0 Å². The number of anilines is 1. The fraction of sp³-hybridized carbons (Fsp3) is 0.450. The van der Waals surface area contributed by atoms with Crippen molar-refractivity contribution in [2.75, 3.05) is 18.0 Å². The fourth-order valence-corrected chi connectivity index (χ4v) is 4.79. The van der Waals surface area contributed by atoms with E-state index in [0.29, 0.717) is 5.92 Å². The Balaban J connectivity index is 1.60. The van der Waals surface area contributed by atoms with E-state index in [1.807, 2.05) is 30.5 Å². The van der Waals surface area contributed by atoms with Crippen LogP contribution in [0.4, 0.5) is 5.82 Å². The van der Waals surface area contributed by atoms with Gasteiger partial charge in [0.05, 0.1) is 5.60 Å². The van der Waals surface area contributed by atoms with Crippen LogP contribution in [-0.2, 0) is 5.60 Å². The van der Waals surface area contributed by atoms with E-state index in [0.717, 1.165) is 37.3 Å². The third-order valence-electron chi connectivity index (χ3n) is 5.88. The molecular weight excluding hydrogens is 284 g/mol. The number of pyridine rings is 1. The third kappa shape index (κ3) is 2.34. The van der Waals surface area contributed by atoms with Gasteiger partial charge in [-0.2, -0.15) is 0 Å². The smallest absolute Gasteiger partial charge is 0.128 e. The zero-order valence-electron chi connectivity index (χ0n) is 13.9. The van der Waals surface area contributed by atoms with Crippen LogP contribution < -0.4 is 4.90 Å². The normalized spacial score (nSPS) is 33.0. The second-order valence-electron chi connectivity index (χ2n) is 7.65. The number of hydrogen-bond donors (Lipinski definition) is 1. The van der Waals surface area contributed by atoms with Gasteiger partial charge in [-0.05, 0) is 54.4 Å². The van der Waals surface area contributed by atoms with Crippen molar-refractivity contribution < 1.29 is 5.11 Å². The summed E-state index contributed by atoms with van der Waals surface area (Å²) in [5.74, 6) is 1.57. The number of rotatable bonds is 2. The van der Waals surface area contributed by atoms with Gasteiger partial charge >= 0.3 is 0 Å². The predicted octanol–water partition coefficient (Wildman–Crippen LogP) is 3.51. The topological polar surface area (TPSA) is 36.4 Å². The molecule has 120 valence electrons. The van der Waals surface area contributed by atoms with E-state index in [4.69, 9.17) is 0 Å². The number of fused-ring (bicyclic) bond motifs is 1. The largest absolute Gasteiger partial charge is 0.385 e. The van der Waals surface area contributed by atoms with Gasteiger partial charge in [-0.3, -0.25) is 0 Å². The van der Waals surface area contributed by atoms with Crippen molar-refractivity contribution in [1.82, 2.24) is 4.98 Å². The van der Waals surface area contributed by atoms with E-state index in [1.165, 1.54) is 5.56 Å². The van der Waals surface area contributed by atoms with Crippen molar-refractivity contribution >= 4 is 5.82 Å². The van der Waals surface area contributed by atoms with Crippen LogP contribution in [0.15, 0.2) is 48.7 Å². The fourth-order valence-electron chi connectivity index (χ4n) is 4.79. The summed E-state index contributed by atoms with van der Waals surface area (Å²) in [6.07, 6.45) is 3.53. The number of aromatic nitrogens is 1. The molecule has 2 aromatic rings. The van der Waals surface area contributed by atoms with Gasteiger partial charge in [-0.1, -0.05) is 37.3 Å². The van der Waals surface area contributed by atoms with Crippen LogP contribution in [0.3, 0.4) is 0 Å². The number of hydrogen-bond acceptors (Lipinski definition) is 3. The Labute approximate surface area is 138 Å². The van der Waals surface area contributed by atoms with E-state index in [1.54, 1.807) is 0 Å². The highest BCUT2D eigenvalue weighted by Crippen LogP contribution is 2.57. The van der Waals surface area contributed by atoms with E-state index < -0.39 is 5.60 Å². The first-order chi connectivity index (χ1) is 11.0. The van der Waals surface area contributed by atoms with Crippen molar-refractivity contribution in [3.8, 4) is 0 Å². The van der Waals surface area contributed by atoms with Crippen molar-refractivity contribution in [2.45, 2.75) is 32.3 Å². The summed E-state index contributed by atoms with van der Waals surface area (Å²) in [4.78, 5) is 6.87. The summed E-state index contributed by atoms with van der Waals surface area (Å²) in [7, 11) is 0. The number of benzene rings is 1. The zero-order valence-corrected chi connectivity index (χ0v) is 13.9. The third-order valence-corrected chi connectivity index (χ3v) is 5.88. The molecule has 0 amide bonds. The molecule has 2 aliphatic rings. The number of nitrogens with zero attached hydrogens (tertiary/aromatic N) is 2. The van der Waals surface area contributed by atoms with Gasteiger partial charge in [0.25, 0.3) is 0 Å². The second-order valence-corrected chi connectivity index (χ2v) is 7.65. The van der Waals surface area contributed by atoms with E-state index >= 15 is 0 Å². The molecule has 23 heavy (non-hydrogen) atoms. The highest BCUT2D eigenvalue weighted by Gasteiger charge is 2.56. The first kappa shape index (κ1) is 14.7. The second kappa shape index (κ2) is 5.07. The van der Waals surface area contributed by atoms with E-state index in [-0.39, 0.29) is 5.41 Å². The average Bonchev–Trinajstić information content (AvgIpc) is 2.97. The Morgan fingerprint density at radius 2 is 1.96 bits per heavy atom. The van der Waals surface area contributed by atoms with Crippen LogP contribution in [0, 0.1) is 18.3 Å². The molecule has 1 aliphatic carbocycles. The molecule has 2 heterocycles. The molecule has 0 bridgehead atoms.